The number of methoxy groups -OCH3 is 2. The van der Waals surface area contributed by atoms with Crippen LogP contribution in [0.2, 0.25) is 0 Å². The van der Waals surface area contributed by atoms with E-state index >= 15 is 0 Å². The maximum Gasteiger partial charge on any atom is 0.205 e. The second-order valence-corrected chi connectivity index (χ2v) is 5.65. The fourth-order valence-electron chi connectivity index (χ4n) is 2.85. The first kappa shape index (κ1) is 18.4. The van der Waals surface area contributed by atoms with Crippen molar-refractivity contribution in [3.8, 4) is 23.0 Å². The minimum absolute atomic E-state index is 0.0189. The lowest BCUT2D eigenvalue weighted by Gasteiger charge is -2.13. The molecular formula is C21H20O6. The van der Waals surface area contributed by atoms with Gasteiger partial charge in [-0.05, 0) is 36.8 Å². The lowest BCUT2D eigenvalue weighted by molar-refractivity contribution is 0.104. The SMILES string of the molecule is CCOc1ccc(C=CC(=O)c2c(O)c(OC)c3occc3c2OC)cc1. The monoisotopic (exact) mass is 368 g/mol. The quantitative estimate of drug-likeness (QED) is 0.490. The van der Waals surface area contributed by atoms with Gasteiger partial charge in [0.15, 0.2) is 17.1 Å². The Balaban J connectivity index is 1.98. The molecule has 0 bridgehead atoms. The van der Waals surface area contributed by atoms with E-state index in [-0.39, 0.29) is 22.8 Å². The van der Waals surface area contributed by atoms with E-state index in [1.165, 1.54) is 26.6 Å². The van der Waals surface area contributed by atoms with Crippen LogP contribution in [0.5, 0.6) is 23.0 Å². The van der Waals surface area contributed by atoms with E-state index in [4.69, 9.17) is 18.6 Å². The van der Waals surface area contributed by atoms with Gasteiger partial charge in [-0.3, -0.25) is 4.79 Å². The van der Waals surface area contributed by atoms with Gasteiger partial charge >= 0.3 is 0 Å². The number of fused-ring (bicyclic) bond motifs is 1. The molecule has 0 aliphatic heterocycles. The van der Waals surface area contributed by atoms with Crippen molar-refractivity contribution in [1.82, 2.24) is 0 Å². The zero-order valence-electron chi connectivity index (χ0n) is 15.3. The first-order valence-electron chi connectivity index (χ1n) is 8.40. The first-order chi connectivity index (χ1) is 13.1. The Morgan fingerprint density at radius 3 is 2.44 bits per heavy atom. The van der Waals surface area contributed by atoms with E-state index in [2.05, 4.69) is 0 Å². The van der Waals surface area contributed by atoms with E-state index in [9.17, 15) is 9.90 Å². The van der Waals surface area contributed by atoms with Crippen LogP contribution in [0.15, 0.2) is 47.1 Å². The summed E-state index contributed by atoms with van der Waals surface area (Å²) in [6.07, 6.45) is 4.47. The molecule has 0 fully saturated rings. The fraction of sp³-hybridized carbons (Fsp3) is 0.190. The van der Waals surface area contributed by atoms with Crippen LogP contribution >= 0.6 is 0 Å². The zero-order valence-corrected chi connectivity index (χ0v) is 15.3. The van der Waals surface area contributed by atoms with Gasteiger partial charge in [0, 0.05) is 0 Å². The number of hydrogen-bond donors (Lipinski definition) is 1. The summed E-state index contributed by atoms with van der Waals surface area (Å²) in [6, 6.07) is 8.99. The van der Waals surface area contributed by atoms with Crippen LogP contribution in [-0.4, -0.2) is 31.7 Å². The highest BCUT2D eigenvalue weighted by Gasteiger charge is 2.26. The van der Waals surface area contributed by atoms with Crippen molar-refractivity contribution in [2.45, 2.75) is 6.92 Å². The van der Waals surface area contributed by atoms with Crippen LogP contribution in [0.4, 0.5) is 0 Å². The smallest absolute Gasteiger partial charge is 0.205 e. The van der Waals surface area contributed by atoms with Crippen molar-refractivity contribution in [2.75, 3.05) is 20.8 Å². The van der Waals surface area contributed by atoms with Gasteiger partial charge in [-0.15, -0.1) is 0 Å². The number of allylic oxidation sites excluding steroid dienone is 1. The summed E-state index contributed by atoms with van der Waals surface area (Å²) in [7, 11) is 2.83. The molecule has 2 aromatic carbocycles. The molecule has 6 heteroatoms. The number of aromatic hydroxyl groups is 1. The van der Waals surface area contributed by atoms with Crippen molar-refractivity contribution in [3.05, 3.63) is 53.8 Å². The highest BCUT2D eigenvalue weighted by molar-refractivity contribution is 6.15. The van der Waals surface area contributed by atoms with Gasteiger partial charge in [0.2, 0.25) is 5.75 Å². The van der Waals surface area contributed by atoms with E-state index in [0.29, 0.717) is 17.6 Å². The molecule has 0 spiro atoms. The third-order valence-corrected chi connectivity index (χ3v) is 4.07. The van der Waals surface area contributed by atoms with Gasteiger partial charge in [-0.2, -0.15) is 0 Å². The normalized spacial score (nSPS) is 11.1. The number of carbonyl (C=O) groups is 1. The van der Waals surface area contributed by atoms with Crippen molar-refractivity contribution in [3.63, 3.8) is 0 Å². The summed E-state index contributed by atoms with van der Waals surface area (Å²) in [5.74, 6) is 0.347. The minimum atomic E-state index is -0.417. The van der Waals surface area contributed by atoms with Crippen molar-refractivity contribution in [2.24, 2.45) is 0 Å². The fourth-order valence-corrected chi connectivity index (χ4v) is 2.85. The Morgan fingerprint density at radius 2 is 1.81 bits per heavy atom. The molecule has 0 saturated heterocycles. The molecule has 0 atom stereocenters. The van der Waals surface area contributed by atoms with E-state index in [1.807, 2.05) is 31.2 Å². The van der Waals surface area contributed by atoms with Gasteiger partial charge in [0.05, 0.1) is 32.5 Å². The molecule has 1 N–H and O–H groups in total. The van der Waals surface area contributed by atoms with Crippen LogP contribution < -0.4 is 14.2 Å². The summed E-state index contributed by atoms with van der Waals surface area (Å²) in [5.41, 5.74) is 1.16. The van der Waals surface area contributed by atoms with Crippen molar-refractivity contribution < 1.29 is 28.5 Å². The van der Waals surface area contributed by atoms with E-state index in [1.54, 1.807) is 12.1 Å². The van der Waals surface area contributed by atoms with Gasteiger partial charge in [-0.25, -0.2) is 0 Å². The highest BCUT2D eigenvalue weighted by Crippen LogP contribution is 2.45. The number of benzene rings is 2. The van der Waals surface area contributed by atoms with Crippen LogP contribution in [-0.2, 0) is 0 Å². The molecular weight excluding hydrogens is 348 g/mol. The molecule has 0 radical (unpaired) electrons. The maximum atomic E-state index is 12.8. The molecule has 0 unspecified atom stereocenters. The largest absolute Gasteiger partial charge is 0.504 e. The van der Waals surface area contributed by atoms with Crippen LogP contribution in [0, 0.1) is 0 Å². The van der Waals surface area contributed by atoms with E-state index < -0.39 is 5.78 Å². The second-order valence-electron chi connectivity index (χ2n) is 5.65. The Kier molecular flexibility index (Phi) is 5.35. The van der Waals surface area contributed by atoms with Crippen molar-refractivity contribution in [1.29, 1.82) is 0 Å². The van der Waals surface area contributed by atoms with Gasteiger partial charge in [-0.1, -0.05) is 18.2 Å². The predicted molar refractivity (Wildman–Crippen MR) is 102 cm³/mol. The van der Waals surface area contributed by atoms with Gasteiger partial charge in [0.25, 0.3) is 0 Å². The Labute approximate surface area is 156 Å². The number of furan rings is 1. The Morgan fingerprint density at radius 1 is 1.11 bits per heavy atom. The number of ether oxygens (including phenoxy) is 3. The number of ketones is 1. The van der Waals surface area contributed by atoms with E-state index in [0.717, 1.165) is 11.3 Å². The average Bonchev–Trinajstić information content (AvgIpc) is 3.15. The number of carbonyl (C=O) groups excluding carboxylic acids is 1. The molecule has 3 aromatic rings. The number of phenols is 1. The second kappa shape index (κ2) is 7.86. The molecule has 1 aromatic heterocycles. The maximum absolute atomic E-state index is 12.8. The number of phenolic OH excluding ortho intramolecular Hbond substituents is 1. The third kappa shape index (κ3) is 3.46. The van der Waals surface area contributed by atoms with Crippen LogP contribution in [0.25, 0.3) is 17.0 Å². The molecule has 3 rings (SSSR count). The van der Waals surface area contributed by atoms with Crippen molar-refractivity contribution >= 4 is 22.8 Å². The number of rotatable bonds is 7. The summed E-state index contributed by atoms with van der Waals surface area (Å²) in [6.45, 7) is 2.50. The topological polar surface area (TPSA) is 78.1 Å². The summed E-state index contributed by atoms with van der Waals surface area (Å²) in [5, 5.41) is 11.1. The minimum Gasteiger partial charge on any atom is -0.504 e. The highest BCUT2D eigenvalue weighted by atomic mass is 16.5. The standard InChI is InChI=1S/C21H20O6/c1-4-26-14-8-5-13(6-9-14)7-10-16(22)17-18(23)21(25-3)20-15(11-12-27-20)19(17)24-2/h5-12,23H,4H2,1-3H3. The molecule has 27 heavy (non-hydrogen) atoms. The summed E-state index contributed by atoms with van der Waals surface area (Å²) < 4.78 is 21.3. The first-order valence-corrected chi connectivity index (χ1v) is 8.40. The van der Waals surface area contributed by atoms with Crippen LogP contribution in [0.3, 0.4) is 0 Å². The molecule has 0 amide bonds. The average molecular weight is 368 g/mol. The molecule has 1 heterocycles. The van der Waals surface area contributed by atoms with Gasteiger partial charge in [0.1, 0.15) is 17.1 Å². The predicted octanol–water partition coefficient (Wildman–Crippen LogP) is 4.45. The number of hydrogen-bond acceptors (Lipinski definition) is 6. The summed E-state index contributed by atoms with van der Waals surface area (Å²) >= 11 is 0. The third-order valence-electron chi connectivity index (χ3n) is 4.07. The summed E-state index contributed by atoms with van der Waals surface area (Å²) in [4.78, 5) is 12.8. The Bertz CT molecular complexity index is 982. The lowest BCUT2D eigenvalue weighted by Crippen LogP contribution is -2.02. The zero-order chi connectivity index (χ0) is 19.4. The molecule has 6 nitrogen and oxygen atoms in total. The molecule has 0 aliphatic rings. The Hall–Kier alpha value is -3.41. The lowest BCUT2D eigenvalue weighted by atomic mass is 10.0. The molecule has 140 valence electrons. The molecule has 0 saturated carbocycles. The molecule has 0 aliphatic carbocycles. The van der Waals surface area contributed by atoms with Crippen LogP contribution in [0.1, 0.15) is 22.8 Å². The van der Waals surface area contributed by atoms with Gasteiger partial charge < -0.3 is 23.7 Å².